The van der Waals surface area contributed by atoms with Crippen molar-refractivity contribution in [3.63, 3.8) is 0 Å². The van der Waals surface area contributed by atoms with Crippen molar-refractivity contribution in [3.05, 3.63) is 60.2 Å². The van der Waals surface area contributed by atoms with Crippen LogP contribution in [-0.4, -0.2) is 17.8 Å². The number of amides is 2. The highest BCUT2D eigenvalue weighted by atomic mass is 16.5. The molecule has 0 spiro atoms. The van der Waals surface area contributed by atoms with Crippen LogP contribution in [0.2, 0.25) is 0 Å². The molecule has 1 heterocycles. The lowest BCUT2D eigenvalue weighted by molar-refractivity contribution is -0.122. The number of esters is 1. The van der Waals surface area contributed by atoms with Gasteiger partial charge in [0.2, 0.25) is 11.8 Å². The quantitative estimate of drug-likeness (QED) is 0.472. The maximum Gasteiger partial charge on any atom is 0.343 e. The largest absolute Gasteiger partial charge is 0.423 e. The molecule has 2 amide bonds. The van der Waals surface area contributed by atoms with Crippen LogP contribution < -0.4 is 9.64 Å². The van der Waals surface area contributed by atoms with Crippen LogP contribution in [0.1, 0.15) is 36.5 Å². The summed E-state index contributed by atoms with van der Waals surface area (Å²) in [4.78, 5) is 39.2. The number of carbonyl (C=O) groups excluding carboxylic acids is 3. The molecule has 2 aromatic rings. The zero-order valence-corrected chi connectivity index (χ0v) is 15.1. The molecular formula is C22H21NO4. The van der Waals surface area contributed by atoms with Crippen LogP contribution in [0.3, 0.4) is 0 Å². The van der Waals surface area contributed by atoms with Crippen molar-refractivity contribution in [2.75, 3.05) is 4.90 Å². The first-order valence-corrected chi connectivity index (χ1v) is 9.29. The number of nitrogens with zero attached hydrogens (tertiary/aromatic N) is 1. The lowest BCUT2D eigenvalue weighted by Gasteiger charge is -2.25. The monoisotopic (exact) mass is 363 g/mol. The molecule has 0 radical (unpaired) electrons. The Labute approximate surface area is 157 Å². The molecule has 1 aliphatic carbocycles. The molecule has 3 atom stereocenters. The van der Waals surface area contributed by atoms with E-state index in [1.807, 2.05) is 6.07 Å². The van der Waals surface area contributed by atoms with Gasteiger partial charge in [0.05, 0.1) is 23.1 Å². The summed E-state index contributed by atoms with van der Waals surface area (Å²) in [5.74, 6) is -0.423. The number of anilines is 1. The van der Waals surface area contributed by atoms with Crippen LogP contribution in [0.15, 0.2) is 54.6 Å². The first kappa shape index (κ1) is 17.5. The molecule has 1 saturated heterocycles. The van der Waals surface area contributed by atoms with Crippen LogP contribution in [0, 0.1) is 17.8 Å². The molecule has 0 N–H and O–H groups in total. The van der Waals surface area contributed by atoms with E-state index in [4.69, 9.17) is 4.74 Å². The molecule has 4 rings (SSSR count). The van der Waals surface area contributed by atoms with E-state index in [0.717, 1.165) is 19.3 Å². The molecule has 0 bridgehead atoms. The highest BCUT2D eigenvalue weighted by Gasteiger charge is 2.50. The molecule has 2 aromatic carbocycles. The Morgan fingerprint density at radius 2 is 1.70 bits per heavy atom. The fraction of sp³-hybridized carbons (Fsp3) is 0.318. The predicted octanol–water partition coefficient (Wildman–Crippen LogP) is 3.83. The van der Waals surface area contributed by atoms with Gasteiger partial charge in [0.1, 0.15) is 5.75 Å². The lowest BCUT2D eigenvalue weighted by atomic mass is 9.76. The Hall–Kier alpha value is -2.95. The summed E-state index contributed by atoms with van der Waals surface area (Å²) < 4.78 is 5.42. The van der Waals surface area contributed by atoms with Crippen LogP contribution in [-0.2, 0) is 9.59 Å². The summed E-state index contributed by atoms with van der Waals surface area (Å²) in [6, 6.07) is 15.3. The zero-order valence-electron chi connectivity index (χ0n) is 15.1. The van der Waals surface area contributed by atoms with Crippen molar-refractivity contribution < 1.29 is 19.1 Å². The Balaban J connectivity index is 1.56. The second kappa shape index (κ2) is 6.99. The normalized spacial score (nSPS) is 24.6. The van der Waals surface area contributed by atoms with E-state index in [0.29, 0.717) is 22.9 Å². The van der Waals surface area contributed by atoms with Crippen molar-refractivity contribution in [1.29, 1.82) is 0 Å². The molecule has 1 saturated carbocycles. The van der Waals surface area contributed by atoms with E-state index in [1.165, 1.54) is 4.90 Å². The minimum absolute atomic E-state index is 0.136. The Morgan fingerprint density at radius 1 is 0.963 bits per heavy atom. The van der Waals surface area contributed by atoms with Crippen molar-refractivity contribution in [1.82, 2.24) is 0 Å². The molecule has 5 heteroatoms. The maximum absolute atomic E-state index is 12.8. The second-order valence-electron chi connectivity index (χ2n) is 7.40. The maximum atomic E-state index is 12.8. The van der Waals surface area contributed by atoms with E-state index >= 15 is 0 Å². The smallest absolute Gasteiger partial charge is 0.343 e. The average molecular weight is 363 g/mol. The molecule has 2 fully saturated rings. The van der Waals surface area contributed by atoms with Gasteiger partial charge in [-0.1, -0.05) is 31.2 Å². The highest BCUT2D eigenvalue weighted by molar-refractivity contribution is 6.22. The number of hydrogen-bond donors (Lipinski definition) is 0. The lowest BCUT2D eigenvalue weighted by Crippen LogP contribution is -2.30. The van der Waals surface area contributed by atoms with E-state index in [2.05, 4.69) is 6.92 Å². The van der Waals surface area contributed by atoms with Gasteiger partial charge in [-0.15, -0.1) is 0 Å². The number of ether oxygens (including phenoxy) is 1. The topological polar surface area (TPSA) is 63.7 Å². The summed E-state index contributed by atoms with van der Waals surface area (Å²) in [5, 5.41) is 0. The van der Waals surface area contributed by atoms with Crippen molar-refractivity contribution in [2.45, 2.75) is 26.2 Å². The molecule has 2 aliphatic rings. The zero-order chi connectivity index (χ0) is 19.0. The first-order chi connectivity index (χ1) is 13.0. The fourth-order valence-electron chi connectivity index (χ4n) is 4.07. The number of imide groups is 1. The Kier molecular flexibility index (Phi) is 4.52. The van der Waals surface area contributed by atoms with E-state index in [9.17, 15) is 14.4 Å². The van der Waals surface area contributed by atoms with Gasteiger partial charge in [0, 0.05) is 6.07 Å². The van der Waals surface area contributed by atoms with Crippen molar-refractivity contribution in [3.8, 4) is 5.75 Å². The molecule has 0 aromatic heterocycles. The first-order valence-electron chi connectivity index (χ1n) is 9.29. The number of benzene rings is 2. The number of hydrogen-bond acceptors (Lipinski definition) is 4. The third-order valence-corrected chi connectivity index (χ3v) is 5.48. The summed E-state index contributed by atoms with van der Waals surface area (Å²) in [6.07, 6.45) is 2.49. The molecule has 5 nitrogen and oxygen atoms in total. The van der Waals surface area contributed by atoms with Crippen LogP contribution >= 0.6 is 0 Å². The SMILES string of the molecule is CC1CCC2C(=O)N(c3cccc(OC(=O)c4ccccc4)c3)C(=O)C2C1. The third-order valence-electron chi connectivity index (χ3n) is 5.48. The Morgan fingerprint density at radius 3 is 2.48 bits per heavy atom. The van der Waals surface area contributed by atoms with Crippen LogP contribution in [0.25, 0.3) is 0 Å². The van der Waals surface area contributed by atoms with Gasteiger partial charge in [-0.25, -0.2) is 9.69 Å². The summed E-state index contributed by atoms with van der Waals surface area (Å²) in [6.45, 7) is 2.13. The summed E-state index contributed by atoms with van der Waals surface area (Å²) >= 11 is 0. The molecule has 27 heavy (non-hydrogen) atoms. The van der Waals surface area contributed by atoms with Gasteiger partial charge in [0.25, 0.3) is 0 Å². The summed E-state index contributed by atoms with van der Waals surface area (Å²) in [7, 11) is 0. The molecule has 138 valence electrons. The minimum Gasteiger partial charge on any atom is -0.423 e. The third kappa shape index (κ3) is 3.25. The fourth-order valence-corrected chi connectivity index (χ4v) is 4.07. The Bertz CT molecular complexity index is 892. The van der Waals surface area contributed by atoms with Crippen molar-refractivity contribution in [2.24, 2.45) is 17.8 Å². The van der Waals surface area contributed by atoms with Gasteiger partial charge in [0.15, 0.2) is 0 Å². The summed E-state index contributed by atoms with van der Waals surface area (Å²) in [5.41, 5.74) is 0.904. The van der Waals surface area contributed by atoms with Gasteiger partial charge in [-0.3, -0.25) is 9.59 Å². The van der Waals surface area contributed by atoms with Gasteiger partial charge in [-0.2, -0.15) is 0 Å². The van der Waals surface area contributed by atoms with E-state index in [-0.39, 0.29) is 23.7 Å². The van der Waals surface area contributed by atoms with Crippen LogP contribution in [0.4, 0.5) is 5.69 Å². The van der Waals surface area contributed by atoms with Crippen molar-refractivity contribution >= 4 is 23.5 Å². The van der Waals surface area contributed by atoms with Crippen LogP contribution in [0.5, 0.6) is 5.75 Å². The molecule has 3 unspecified atom stereocenters. The number of carbonyl (C=O) groups is 3. The van der Waals surface area contributed by atoms with E-state index in [1.54, 1.807) is 48.5 Å². The predicted molar refractivity (Wildman–Crippen MR) is 100 cm³/mol. The van der Waals surface area contributed by atoms with Gasteiger partial charge < -0.3 is 4.74 Å². The number of rotatable bonds is 3. The van der Waals surface area contributed by atoms with Gasteiger partial charge >= 0.3 is 5.97 Å². The second-order valence-corrected chi connectivity index (χ2v) is 7.40. The molecule has 1 aliphatic heterocycles. The van der Waals surface area contributed by atoms with Gasteiger partial charge in [-0.05, 0) is 49.4 Å². The number of fused-ring (bicyclic) bond motifs is 1. The minimum atomic E-state index is -0.477. The van der Waals surface area contributed by atoms with E-state index < -0.39 is 5.97 Å². The molecular weight excluding hydrogens is 342 g/mol. The average Bonchev–Trinajstić information content (AvgIpc) is 2.92. The standard InChI is InChI=1S/C22H21NO4/c1-14-10-11-18-19(12-14)21(25)23(20(18)24)16-8-5-9-17(13-16)27-22(26)15-6-3-2-4-7-15/h2-9,13-14,18-19H,10-12H2,1H3. The highest BCUT2D eigenvalue weighted by Crippen LogP contribution is 2.42.